The van der Waals surface area contributed by atoms with E-state index in [0.29, 0.717) is 24.1 Å². The summed E-state index contributed by atoms with van der Waals surface area (Å²) in [5, 5.41) is 17.4. The number of esters is 1. The average Bonchev–Trinajstić information content (AvgIpc) is 4.07. The van der Waals surface area contributed by atoms with Crippen molar-refractivity contribution in [1.82, 2.24) is 34.4 Å². The summed E-state index contributed by atoms with van der Waals surface area (Å²) < 4.78 is 77.7. The number of fused-ring (bicyclic) bond motifs is 1. The van der Waals surface area contributed by atoms with Crippen molar-refractivity contribution in [2.45, 2.75) is 81.2 Å². The number of amides is 1. The number of aliphatic hydroxyl groups excluding tert-OH is 1. The highest BCUT2D eigenvalue weighted by molar-refractivity contribution is 7.47. The standard InChI is InChI=1S/C34H42N12O18P2/c35-21-8-10-45(33(49)42-21)32-28(63-23-2-1-11-56-23)27(20(61-32)13-58-65(51,52)53)64-66(54,55)59-14-19-26(25(48)31(60-19)46-16-41-24-29(36)39-15-40-30(24)46)62-22(47)7-9-38-34(50)57-12-17-3-5-18(6-4-17)43-44-37/h3-6,8,10,15-16,19-20,23,25-28,31-32,48H,1-2,7,9,11-14H2,(H,38,50)(H,54,55)(H2,35,42,49)(H2,36,39,40)(H2,51,52,53)/t19-,20-,23?,25-,26-,27-,28-,31-,32-/m1/s1. The summed E-state index contributed by atoms with van der Waals surface area (Å²) in [5.74, 6) is -1.14. The number of azide groups is 1. The number of imidazole rings is 1. The predicted octanol–water partition coefficient (Wildman–Crippen LogP) is 0.707. The minimum Gasteiger partial charge on any atom is -0.456 e. The molecule has 0 aliphatic carbocycles. The number of rotatable bonds is 19. The highest BCUT2D eigenvalue weighted by Gasteiger charge is 2.54. The van der Waals surface area contributed by atoms with Crippen molar-refractivity contribution in [2.24, 2.45) is 5.11 Å². The molecule has 3 aliphatic heterocycles. The molecule has 0 radical (unpaired) electrons. The lowest BCUT2D eigenvalue weighted by molar-refractivity contribution is -0.181. The quantitative estimate of drug-likeness (QED) is 0.0224. The number of phosphoric acid groups is 2. The number of aliphatic hydroxyl groups is 1. The Bertz CT molecular complexity index is 2570. The number of ether oxygens (including phenoxy) is 6. The topological polar surface area (TPSA) is 424 Å². The Balaban J connectivity index is 1.06. The fraction of sp³-hybridized carbons (Fsp3) is 0.500. The van der Waals surface area contributed by atoms with Crippen molar-refractivity contribution in [2.75, 3.05) is 37.8 Å². The van der Waals surface area contributed by atoms with Crippen LogP contribution in [-0.4, -0.2) is 130 Å². The number of benzene rings is 1. The molecule has 0 saturated carbocycles. The number of nitrogens with zero attached hydrogens (tertiary/aromatic N) is 9. The third-order valence-corrected chi connectivity index (χ3v) is 11.4. The van der Waals surface area contributed by atoms with Gasteiger partial charge in [-0.25, -0.2) is 33.7 Å². The van der Waals surface area contributed by atoms with E-state index in [4.69, 9.17) is 54.5 Å². The third-order valence-electron chi connectivity index (χ3n) is 9.97. The highest BCUT2D eigenvalue weighted by atomic mass is 31.2. The molecule has 3 aliphatic rings. The van der Waals surface area contributed by atoms with E-state index < -0.39 is 108 Å². The van der Waals surface area contributed by atoms with Crippen LogP contribution in [0.3, 0.4) is 0 Å². The first-order chi connectivity index (χ1) is 31.5. The molecule has 10 atom stereocenters. The first kappa shape index (κ1) is 48.3. The Morgan fingerprint density at radius 3 is 2.44 bits per heavy atom. The molecule has 0 bridgehead atoms. The summed E-state index contributed by atoms with van der Waals surface area (Å²) >= 11 is 0. The molecule has 30 nitrogen and oxygen atoms in total. The summed E-state index contributed by atoms with van der Waals surface area (Å²) in [6, 6.07) is 7.45. The summed E-state index contributed by atoms with van der Waals surface area (Å²) in [5.41, 5.74) is 20.4. The molecule has 356 valence electrons. The third kappa shape index (κ3) is 12.0. The van der Waals surface area contributed by atoms with Gasteiger partial charge in [0.05, 0.1) is 26.0 Å². The fourth-order valence-corrected chi connectivity index (χ4v) is 8.28. The van der Waals surface area contributed by atoms with E-state index >= 15 is 0 Å². The molecule has 3 saturated heterocycles. The molecule has 2 unspecified atom stereocenters. The van der Waals surface area contributed by atoms with Crippen LogP contribution in [0.15, 0.2) is 59.1 Å². The molecule has 66 heavy (non-hydrogen) atoms. The van der Waals surface area contributed by atoms with E-state index in [1.54, 1.807) is 12.1 Å². The molecule has 0 spiro atoms. The molecule has 3 aromatic heterocycles. The van der Waals surface area contributed by atoms with Crippen LogP contribution in [0, 0.1) is 0 Å². The molecule has 7 rings (SSSR count). The fourth-order valence-electron chi connectivity index (χ4n) is 6.98. The van der Waals surface area contributed by atoms with Crippen molar-refractivity contribution < 1.29 is 80.5 Å². The van der Waals surface area contributed by atoms with Crippen LogP contribution < -0.4 is 22.5 Å². The number of hydrogen-bond donors (Lipinski definition) is 7. The minimum atomic E-state index is -5.40. The Hall–Kier alpha value is -5.68. The lowest BCUT2D eigenvalue weighted by Gasteiger charge is -2.28. The van der Waals surface area contributed by atoms with Gasteiger partial charge in [-0.3, -0.25) is 27.5 Å². The second-order valence-electron chi connectivity index (χ2n) is 14.5. The van der Waals surface area contributed by atoms with Crippen LogP contribution in [0.25, 0.3) is 21.6 Å². The van der Waals surface area contributed by atoms with Crippen LogP contribution in [0.2, 0.25) is 0 Å². The van der Waals surface area contributed by atoms with Crippen molar-refractivity contribution in [3.05, 3.63) is 75.7 Å². The number of phosphoric ester groups is 2. The number of nitrogens with one attached hydrogen (secondary N) is 1. The first-order valence-corrected chi connectivity index (χ1v) is 22.6. The first-order valence-electron chi connectivity index (χ1n) is 19.6. The van der Waals surface area contributed by atoms with E-state index in [2.05, 4.69) is 39.8 Å². The van der Waals surface area contributed by atoms with Crippen molar-refractivity contribution in [1.29, 1.82) is 0 Å². The van der Waals surface area contributed by atoms with Gasteiger partial charge in [0.15, 0.2) is 36.3 Å². The molecule has 3 fully saturated rings. The highest BCUT2D eigenvalue weighted by Crippen LogP contribution is 2.51. The monoisotopic (exact) mass is 968 g/mol. The SMILES string of the molecule is [N-]=[N+]=Nc1ccc(COC(=O)NCCC(=O)O[C@H]2[C@@H](O)[C@H](n3cnc4c(N)ncnc43)O[C@@H]2COP(=O)(O)O[C@H]2[C@@H](OC3CCCO3)[C@H](n3ccc(N)nc3=O)O[C@@H]2COP(=O)(O)O)cc1. The van der Waals surface area contributed by atoms with Crippen LogP contribution in [0.4, 0.5) is 22.1 Å². The lowest BCUT2D eigenvalue weighted by Crippen LogP contribution is -2.42. The number of aromatic nitrogens is 6. The number of nitrogens with two attached hydrogens (primary N) is 2. The molecule has 9 N–H and O–H groups in total. The number of alkyl carbamates (subject to hydrolysis) is 1. The van der Waals surface area contributed by atoms with Gasteiger partial charge in [0.1, 0.15) is 54.8 Å². The Morgan fingerprint density at radius 1 is 0.985 bits per heavy atom. The van der Waals surface area contributed by atoms with Crippen LogP contribution in [0.5, 0.6) is 0 Å². The maximum absolute atomic E-state index is 13.9. The minimum absolute atomic E-state index is 0.0105. The number of anilines is 2. The average molecular weight is 969 g/mol. The van der Waals surface area contributed by atoms with Gasteiger partial charge in [0.2, 0.25) is 0 Å². The summed E-state index contributed by atoms with van der Waals surface area (Å²) in [7, 11) is -10.6. The van der Waals surface area contributed by atoms with Crippen molar-refractivity contribution in [3.8, 4) is 0 Å². The number of carbonyl (C=O) groups excluding carboxylic acids is 2. The smallest absolute Gasteiger partial charge is 0.456 e. The van der Waals surface area contributed by atoms with Gasteiger partial charge in [0.25, 0.3) is 0 Å². The zero-order chi connectivity index (χ0) is 47.2. The van der Waals surface area contributed by atoms with Crippen molar-refractivity contribution >= 4 is 56.2 Å². The molecule has 6 heterocycles. The van der Waals surface area contributed by atoms with Gasteiger partial charge in [-0.1, -0.05) is 29.4 Å². The van der Waals surface area contributed by atoms with Gasteiger partial charge in [-0.05, 0) is 23.6 Å². The maximum atomic E-state index is 13.9. The summed E-state index contributed by atoms with van der Waals surface area (Å²) in [6.45, 7) is -2.07. The van der Waals surface area contributed by atoms with Crippen LogP contribution in [0.1, 0.15) is 37.3 Å². The number of nitrogen functional groups attached to an aromatic ring is 2. The largest absolute Gasteiger partial charge is 0.472 e. The van der Waals surface area contributed by atoms with Gasteiger partial charge in [-0.2, -0.15) is 4.98 Å². The van der Waals surface area contributed by atoms with Gasteiger partial charge in [-0.15, -0.1) is 0 Å². The zero-order valence-electron chi connectivity index (χ0n) is 34.1. The van der Waals surface area contributed by atoms with E-state index in [1.165, 1.54) is 35.3 Å². The van der Waals surface area contributed by atoms with Gasteiger partial charge >= 0.3 is 33.4 Å². The Labute approximate surface area is 370 Å². The maximum Gasteiger partial charge on any atom is 0.472 e. The molecule has 4 aromatic rings. The second kappa shape index (κ2) is 20.9. The van der Waals surface area contributed by atoms with Crippen molar-refractivity contribution in [3.63, 3.8) is 0 Å². The number of carbonyl (C=O) groups is 2. The van der Waals surface area contributed by atoms with E-state index in [9.17, 15) is 43.3 Å². The molecular weight excluding hydrogens is 926 g/mol. The van der Waals surface area contributed by atoms with E-state index in [-0.39, 0.29) is 42.6 Å². The van der Waals surface area contributed by atoms with Crippen LogP contribution >= 0.6 is 15.6 Å². The molecule has 1 amide bonds. The summed E-state index contributed by atoms with van der Waals surface area (Å²) in [4.78, 5) is 87.2. The zero-order valence-corrected chi connectivity index (χ0v) is 35.8. The van der Waals surface area contributed by atoms with E-state index in [1.807, 2.05) is 0 Å². The molecule has 1 aromatic carbocycles. The lowest BCUT2D eigenvalue weighted by atomic mass is 10.1. The summed E-state index contributed by atoms with van der Waals surface area (Å²) in [6.07, 6.45) is -10.7. The second-order valence-corrected chi connectivity index (χ2v) is 17.1. The number of hydrogen-bond acceptors (Lipinski definition) is 22. The van der Waals surface area contributed by atoms with Gasteiger partial charge < -0.3 is 65.0 Å². The predicted molar refractivity (Wildman–Crippen MR) is 217 cm³/mol. The molecule has 32 heteroatoms. The normalized spacial score (nSPS) is 26.2. The van der Waals surface area contributed by atoms with Crippen LogP contribution in [-0.2, 0) is 62.5 Å². The Kier molecular flexibility index (Phi) is 15.3. The Morgan fingerprint density at radius 2 is 1.73 bits per heavy atom. The molecular formula is C34H42N12O18P2. The van der Waals surface area contributed by atoms with Gasteiger partial charge in [0, 0.05) is 36.4 Å². The van der Waals surface area contributed by atoms with E-state index in [0.717, 1.165) is 10.9 Å².